The van der Waals surface area contributed by atoms with Gasteiger partial charge in [0.25, 0.3) is 0 Å². The van der Waals surface area contributed by atoms with E-state index in [0.717, 1.165) is 15.2 Å². The van der Waals surface area contributed by atoms with Gasteiger partial charge in [-0.3, -0.25) is 4.79 Å². The third-order valence-electron chi connectivity index (χ3n) is 3.27. The summed E-state index contributed by atoms with van der Waals surface area (Å²) in [4.78, 5) is 13.1. The first-order valence-corrected chi connectivity index (χ1v) is 7.79. The van der Waals surface area contributed by atoms with Crippen molar-refractivity contribution in [2.75, 3.05) is 5.32 Å². The van der Waals surface area contributed by atoms with Gasteiger partial charge in [-0.1, -0.05) is 0 Å². The molecule has 1 aliphatic heterocycles. The summed E-state index contributed by atoms with van der Waals surface area (Å²) in [7, 11) is 0. The maximum absolute atomic E-state index is 11.9. The molecular formula is C13H14BrN3OS. The first-order chi connectivity index (χ1) is 9.06. The second-order valence-corrected chi connectivity index (χ2v) is 7.43. The van der Waals surface area contributed by atoms with Gasteiger partial charge in [-0.15, -0.1) is 11.3 Å². The molecule has 2 aromatic rings. The number of anilines is 1. The van der Waals surface area contributed by atoms with Crippen molar-refractivity contribution < 1.29 is 4.79 Å². The number of hydrogen-bond acceptors (Lipinski definition) is 3. The Kier molecular flexibility index (Phi) is 3.22. The van der Waals surface area contributed by atoms with E-state index in [9.17, 15) is 4.79 Å². The predicted molar refractivity (Wildman–Crippen MR) is 79.7 cm³/mol. The van der Waals surface area contributed by atoms with Crippen LogP contribution in [0.25, 0.3) is 0 Å². The summed E-state index contributed by atoms with van der Waals surface area (Å²) in [6, 6.07) is 4.34. The van der Waals surface area contributed by atoms with Crippen molar-refractivity contribution in [1.82, 2.24) is 9.78 Å². The van der Waals surface area contributed by atoms with Crippen molar-refractivity contribution in [1.29, 1.82) is 0 Å². The van der Waals surface area contributed by atoms with E-state index in [-0.39, 0.29) is 17.9 Å². The molecule has 1 amide bonds. The molecule has 2 aromatic heterocycles. The number of carbonyl (C=O) groups excluding carboxylic acids is 1. The summed E-state index contributed by atoms with van der Waals surface area (Å²) in [5.41, 5.74) is 1.11. The molecule has 4 nitrogen and oxygen atoms in total. The van der Waals surface area contributed by atoms with E-state index < -0.39 is 0 Å². The van der Waals surface area contributed by atoms with E-state index in [2.05, 4.69) is 46.3 Å². The van der Waals surface area contributed by atoms with E-state index in [1.807, 2.05) is 16.9 Å². The Balaban J connectivity index is 2.08. The topological polar surface area (TPSA) is 46.9 Å². The van der Waals surface area contributed by atoms with E-state index in [0.29, 0.717) is 6.42 Å². The highest BCUT2D eigenvalue weighted by Crippen LogP contribution is 2.41. The van der Waals surface area contributed by atoms with E-state index in [4.69, 9.17) is 0 Å². The maximum atomic E-state index is 11.9. The fourth-order valence-corrected chi connectivity index (χ4v) is 3.94. The van der Waals surface area contributed by atoms with Crippen LogP contribution in [0.2, 0.25) is 0 Å². The molecule has 3 rings (SSSR count). The highest BCUT2D eigenvalue weighted by atomic mass is 79.9. The molecule has 100 valence electrons. The van der Waals surface area contributed by atoms with Crippen LogP contribution in [0.4, 0.5) is 5.82 Å². The first kappa shape index (κ1) is 12.9. The Morgan fingerprint density at radius 1 is 1.53 bits per heavy atom. The number of fused-ring (bicyclic) bond motifs is 1. The van der Waals surface area contributed by atoms with Gasteiger partial charge in [0.05, 0.1) is 9.98 Å². The van der Waals surface area contributed by atoms with E-state index in [1.165, 1.54) is 4.88 Å². The number of hydrogen-bond donors (Lipinski definition) is 1. The molecule has 1 aliphatic rings. The standard InChI is InChI=1S/C13H14BrN3OS/c1-7(2)17-13-9(6-15-17)8(5-12(18)16-13)10-3-4-11(14)19-10/h3-4,6-8H,5H2,1-2H3,(H,16,18). The van der Waals surface area contributed by atoms with Crippen LogP contribution < -0.4 is 5.32 Å². The van der Waals surface area contributed by atoms with Crippen LogP contribution in [0.15, 0.2) is 22.1 Å². The summed E-state index contributed by atoms with van der Waals surface area (Å²) < 4.78 is 2.97. The molecule has 0 aliphatic carbocycles. The lowest BCUT2D eigenvalue weighted by Crippen LogP contribution is -2.24. The number of nitrogens with one attached hydrogen (secondary N) is 1. The fourth-order valence-electron chi connectivity index (χ4n) is 2.40. The first-order valence-electron chi connectivity index (χ1n) is 6.18. The highest BCUT2D eigenvalue weighted by molar-refractivity contribution is 9.11. The Morgan fingerprint density at radius 3 is 2.95 bits per heavy atom. The van der Waals surface area contributed by atoms with Crippen LogP contribution in [0, 0.1) is 0 Å². The number of carbonyl (C=O) groups is 1. The molecule has 0 spiro atoms. The average Bonchev–Trinajstić information content (AvgIpc) is 2.93. The summed E-state index contributed by atoms with van der Waals surface area (Å²) >= 11 is 5.16. The molecule has 1 N–H and O–H groups in total. The monoisotopic (exact) mass is 339 g/mol. The van der Waals surface area contributed by atoms with Gasteiger partial charge in [0.1, 0.15) is 5.82 Å². The number of aromatic nitrogens is 2. The minimum atomic E-state index is 0.0597. The number of rotatable bonds is 2. The largest absolute Gasteiger partial charge is 0.311 e. The second-order valence-electron chi connectivity index (χ2n) is 4.93. The van der Waals surface area contributed by atoms with Crippen molar-refractivity contribution in [3.05, 3.63) is 32.6 Å². The smallest absolute Gasteiger partial charge is 0.226 e. The Hall–Kier alpha value is -1.14. The van der Waals surface area contributed by atoms with Gasteiger partial charge in [0, 0.05) is 28.8 Å². The van der Waals surface area contributed by atoms with Gasteiger partial charge in [0.2, 0.25) is 5.91 Å². The van der Waals surface area contributed by atoms with Gasteiger partial charge in [-0.2, -0.15) is 5.10 Å². The van der Waals surface area contributed by atoms with Crippen LogP contribution in [0.3, 0.4) is 0 Å². The van der Waals surface area contributed by atoms with Gasteiger partial charge in [-0.05, 0) is 41.9 Å². The minimum Gasteiger partial charge on any atom is -0.311 e. The van der Waals surface area contributed by atoms with Crippen LogP contribution in [-0.4, -0.2) is 15.7 Å². The highest BCUT2D eigenvalue weighted by Gasteiger charge is 2.31. The molecule has 19 heavy (non-hydrogen) atoms. The molecule has 0 aromatic carbocycles. The molecule has 0 saturated carbocycles. The van der Waals surface area contributed by atoms with Crippen LogP contribution in [-0.2, 0) is 4.79 Å². The second kappa shape index (κ2) is 4.76. The maximum Gasteiger partial charge on any atom is 0.226 e. The average molecular weight is 340 g/mol. The minimum absolute atomic E-state index is 0.0597. The number of halogens is 1. The summed E-state index contributed by atoms with van der Waals surface area (Å²) in [5, 5.41) is 7.36. The number of thiophene rings is 1. The van der Waals surface area contributed by atoms with Crippen LogP contribution >= 0.6 is 27.3 Å². The molecule has 1 unspecified atom stereocenters. The van der Waals surface area contributed by atoms with Crippen LogP contribution in [0.5, 0.6) is 0 Å². The Bertz CT molecular complexity index is 632. The van der Waals surface area contributed by atoms with E-state index >= 15 is 0 Å². The van der Waals surface area contributed by atoms with Gasteiger partial charge in [0.15, 0.2) is 0 Å². The molecule has 0 fully saturated rings. The number of nitrogens with zero attached hydrogens (tertiary/aromatic N) is 2. The Morgan fingerprint density at radius 2 is 2.32 bits per heavy atom. The van der Waals surface area contributed by atoms with E-state index in [1.54, 1.807) is 11.3 Å². The van der Waals surface area contributed by atoms with Gasteiger partial charge < -0.3 is 5.32 Å². The van der Waals surface area contributed by atoms with Gasteiger partial charge >= 0.3 is 0 Å². The third kappa shape index (κ3) is 2.23. The van der Waals surface area contributed by atoms with Crippen molar-refractivity contribution in [3.63, 3.8) is 0 Å². The zero-order valence-corrected chi connectivity index (χ0v) is 13.1. The van der Waals surface area contributed by atoms with Crippen molar-refractivity contribution >= 4 is 39.0 Å². The summed E-state index contributed by atoms with van der Waals surface area (Å²) in [6.45, 7) is 4.12. The fraction of sp³-hybridized carbons (Fsp3) is 0.385. The third-order valence-corrected chi connectivity index (χ3v) is 5.01. The summed E-state index contributed by atoms with van der Waals surface area (Å²) in [6.07, 6.45) is 2.37. The zero-order chi connectivity index (χ0) is 13.6. The lowest BCUT2D eigenvalue weighted by molar-refractivity contribution is -0.116. The lowest BCUT2D eigenvalue weighted by Gasteiger charge is -2.23. The molecular weight excluding hydrogens is 326 g/mol. The van der Waals surface area contributed by atoms with Crippen molar-refractivity contribution in [3.8, 4) is 0 Å². The summed E-state index contributed by atoms with van der Waals surface area (Å²) in [5.74, 6) is 1.03. The molecule has 1 atom stereocenters. The normalized spacial score (nSPS) is 18.5. The Labute approximate surface area is 123 Å². The number of amides is 1. The van der Waals surface area contributed by atoms with Crippen molar-refractivity contribution in [2.45, 2.75) is 32.2 Å². The molecule has 3 heterocycles. The molecule has 6 heteroatoms. The van der Waals surface area contributed by atoms with Gasteiger partial charge in [-0.25, -0.2) is 4.68 Å². The molecule has 0 saturated heterocycles. The van der Waals surface area contributed by atoms with Crippen molar-refractivity contribution in [2.24, 2.45) is 0 Å². The quantitative estimate of drug-likeness (QED) is 0.905. The lowest BCUT2D eigenvalue weighted by atomic mass is 9.93. The predicted octanol–water partition coefficient (Wildman–Crippen LogP) is 3.76. The van der Waals surface area contributed by atoms with Crippen LogP contribution in [0.1, 0.15) is 42.7 Å². The SMILES string of the molecule is CC(C)n1ncc2c1NC(=O)CC2c1ccc(Br)s1. The molecule has 0 radical (unpaired) electrons. The molecule has 0 bridgehead atoms. The zero-order valence-electron chi connectivity index (χ0n) is 10.7.